The van der Waals surface area contributed by atoms with Gasteiger partial charge in [0.1, 0.15) is 17.7 Å². The number of hydrogen-bond acceptors (Lipinski definition) is 2. The molecule has 1 aromatic carbocycles. The normalized spacial score (nSPS) is 13.4. The van der Waals surface area contributed by atoms with Crippen molar-refractivity contribution in [3.63, 3.8) is 0 Å². The Labute approximate surface area is 117 Å². The Balaban J connectivity index is 2.49. The molecule has 0 heterocycles. The Bertz CT molecular complexity index is 395. The highest BCUT2D eigenvalue weighted by Gasteiger charge is 2.15. The molecule has 0 bridgehead atoms. The Morgan fingerprint density at radius 3 is 2.67 bits per heavy atom. The van der Waals surface area contributed by atoms with Crippen LogP contribution in [0.25, 0.3) is 0 Å². The van der Waals surface area contributed by atoms with E-state index in [0.29, 0.717) is 10.2 Å². The van der Waals surface area contributed by atoms with Gasteiger partial charge < -0.3 is 10.1 Å². The fourth-order valence-electron chi connectivity index (χ4n) is 1.37. The number of hydrogen-bond donors (Lipinski definition) is 1. The second-order valence-electron chi connectivity index (χ2n) is 5.12. The van der Waals surface area contributed by atoms with Crippen molar-refractivity contribution < 1.29 is 9.13 Å². The van der Waals surface area contributed by atoms with Gasteiger partial charge in [0.2, 0.25) is 0 Å². The summed E-state index contributed by atoms with van der Waals surface area (Å²) in [5, 5.41) is 3.44. The van der Waals surface area contributed by atoms with Crippen molar-refractivity contribution >= 4 is 15.9 Å². The number of ether oxygens (including phenoxy) is 1. The third kappa shape index (κ3) is 4.94. The summed E-state index contributed by atoms with van der Waals surface area (Å²) < 4.78 is 19.2. The van der Waals surface area contributed by atoms with Gasteiger partial charge in [0, 0.05) is 12.1 Å². The molecule has 1 rings (SSSR count). The molecule has 0 aromatic heterocycles. The summed E-state index contributed by atoms with van der Waals surface area (Å²) in [6.45, 7) is 9.23. The van der Waals surface area contributed by atoms with Gasteiger partial charge >= 0.3 is 0 Å². The van der Waals surface area contributed by atoms with Crippen LogP contribution in [-0.2, 0) is 0 Å². The predicted molar refractivity (Wildman–Crippen MR) is 76.6 cm³/mol. The molecule has 0 fully saturated rings. The van der Waals surface area contributed by atoms with Crippen molar-refractivity contribution in [2.24, 2.45) is 0 Å². The van der Waals surface area contributed by atoms with Crippen LogP contribution in [0.5, 0.6) is 5.75 Å². The summed E-state index contributed by atoms with van der Waals surface area (Å²) in [7, 11) is 0. The molecule has 1 atom stereocenters. The smallest absolute Gasteiger partial charge is 0.137 e. The lowest BCUT2D eigenvalue weighted by Crippen LogP contribution is -2.43. The van der Waals surface area contributed by atoms with Gasteiger partial charge in [-0.2, -0.15) is 0 Å². The second-order valence-corrected chi connectivity index (χ2v) is 5.98. The lowest BCUT2D eigenvalue weighted by Gasteiger charge is -2.27. The molecule has 0 spiro atoms. The summed E-state index contributed by atoms with van der Waals surface area (Å²) >= 11 is 3.15. The van der Waals surface area contributed by atoms with Crippen LogP contribution in [0, 0.1) is 5.82 Å². The van der Waals surface area contributed by atoms with Gasteiger partial charge in [-0.1, -0.05) is 6.92 Å². The van der Waals surface area contributed by atoms with E-state index in [1.807, 2.05) is 6.92 Å². The van der Waals surface area contributed by atoms with Crippen LogP contribution >= 0.6 is 15.9 Å². The van der Waals surface area contributed by atoms with E-state index in [0.717, 1.165) is 13.0 Å². The summed E-state index contributed by atoms with van der Waals surface area (Å²) in [6, 6.07) is 4.69. The predicted octanol–water partition coefficient (Wildman–Crippen LogP) is 4.13. The van der Waals surface area contributed by atoms with Crippen molar-refractivity contribution in [1.82, 2.24) is 5.32 Å². The Morgan fingerprint density at radius 1 is 1.44 bits per heavy atom. The molecule has 0 amide bonds. The van der Waals surface area contributed by atoms with E-state index in [-0.39, 0.29) is 17.5 Å². The van der Waals surface area contributed by atoms with E-state index in [1.54, 1.807) is 12.1 Å². The average Bonchev–Trinajstić information content (AvgIpc) is 2.32. The van der Waals surface area contributed by atoms with E-state index in [2.05, 4.69) is 42.0 Å². The highest BCUT2D eigenvalue weighted by molar-refractivity contribution is 9.10. The zero-order valence-corrected chi connectivity index (χ0v) is 13.0. The van der Waals surface area contributed by atoms with Crippen LogP contribution in [0.2, 0.25) is 0 Å². The second kappa shape index (κ2) is 6.53. The standard InChI is InChI=1S/C14H21BrFNO/c1-5-14(3,4)17-9-10(2)18-11-6-7-13(16)12(15)8-11/h6-8,10,17H,5,9H2,1-4H3. The minimum atomic E-state index is -0.278. The highest BCUT2D eigenvalue weighted by Crippen LogP contribution is 2.22. The molecule has 0 saturated heterocycles. The molecular formula is C14H21BrFNO. The van der Waals surface area contributed by atoms with Crippen LogP contribution in [0.1, 0.15) is 34.1 Å². The minimum absolute atomic E-state index is 0.0354. The van der Waals surface area contributed by atoms with E-state index >= 15 is 0 Å². The van der Waals surface area contributed by atoms with Gasteiger partial charge in [0.25, 0.3) is 0 Å². The zero-order chi connectivity index (χ0) is 13.8. The summed E-state index contributed by atoms with van der Waals surface area (Å²) in [5.41, 5.74) is 0.112. The van der Waals surface area contributed by atoms with E-state index in [1.165, 1.54) is 6.07 Å². The maximum atomic E-state index is 13.1. The van der Waals surface area contributed by atoms with Crippen LogP contribution in [-0.4, -0.2) is 18.2 Å². The van der Waals surface area contributed by atoms with Gasteiger partial charge in [-0.25, -0.2) is 4.39 Å². The topological polar surface area (TPSA) is 21.3 Å². The molecule has 18 heavy (non-hydrogen) atoms. The molecule has 0 aliphatic rings. The molecular weight excluding hydrogens is 297 g/mol. The first-order chi connectivity index (χ1) is 8.34. The van der Waals surface area contributed by atoms with Crippen LogP contribution in [0.15, 0.2) is 22.7 Å². The van der Waals surface area contributed by atoms with Crippen LogP contribution < -0.4 is 10.1 Å². The first-order valence-electron chi connectivity index (χ1n) is 6.21. The number of halogens is 2. The molecule has 0 aliphatic heterocycles. The SMILES string of the molecule is CCC(C)(C)NCC(C)Oc1ccc(F)c(Br)c1. The van der Waals surface area contributed by atoms with Gasteiger partial charge in [0.15, 0.2) is 0 Å². The van der Waals surface area contributed by atoms with E-state index in [4.69, 9.17) is 4.74 Å². The summed E-state index contributed by atoms with van der Waals surface area (Å²) in [4.78, 5) is 0. The molecule has 2 nitrogen and oxygen atoms in total. The number of benzene rings is 1. The van der Waals surface area contributed by atoms with E-state index in [9.17, 15) is 4.39 Å². The maximum Gasteiger partial charge on any atom is 0.137 e. The molecule has 1 N–H and O–H groups in total. The highest BCUT2D eigenvalue weighted by atomic mass is 79.9. The van der Waals surface area contributed by atoms with Gasteiger partial charge in [-0.15, -0.1) is 0 Å². The summed E-state index contributed by atoms with van der Waals surface area (Å²) in [6.07, 6.45) is 1.09. The fraction of sp³-hybridized carbons (Fsp3) is 0.571. The first-order valence-corrected chi connectivity index (χ1v) is 7.00. The Morgan fingerprint density at radius 2 is 2.11 bits per heavy atom. The lowest BCUT2D eigenvalue weighted by molar-refractivity contribution is 0.198. The van der Waals surface area contributed by atoms with E-state index < -0.39 is 0 Å². The van der Waals surface area contributed by atoms with Crippen molar-refractivity contribution in [3.8, 4) is 5.75 Å². The Hall–Kier alpha value is -0.610. The minimum Gasteiger partial charge on any atom is -0.489 e. The molecule has 1 aromatic rings. The van der Waals surface area contributed by atoms with Crippen molar-refractivity contribution in [3.05, 3.63) is 28.5 Å². The Kier molecular flexibility index (Phi) is 5.60. The third-order valence-corrected chi connectivity index (χ3v) is 3.59. The molecule has 1 unspecified atom stereocenters. The average molecular weight is 318 g/mol. The monoisotopic (exact) mass is 317 g/mol. The van der Waals surface area contributed by atoms with Crippen molar-refractivity contribution in [2.75, 3.05) is 6.54 Å². The maximum absolute atomic E-state index is 13.1. The molecule has 0 saturated carbocycles. The van der Waals surface area contributed by atoms with Crippen LogP contribution in [0.4, 0.5) is 4.39 Å². The fourth-order valence-corrected chi connectivity index (χ4v) is 1.73. The number of nitrogens with one attached hydrogen (secondary N) is 1. The molecule has 4 heteroatoms. The number of rotatable bonds is 6. The third-order valence-electron chi connectivity index (χ3n) is 2.98. The molecule has 102 valence electrons. The lowest BCUT2D eigenvalue weighted by atomic mass is 10.0. The van der Waals surface area contributed by atoms with Gasteiger partial charge in [0.05, 0.1) is 4.47 Å². The largest absolute Gasteiger partial charge is 0.489 e. The first kappa shape index (κ1) is 15.4. The molecule has 0 radical (unpaired) electrons. The summed E-state index contributed by atoms with van der Waals surface area (Å²) in [5.74, 6) is 0.395. The van der Waals surface area contributed by atoms with Crippen LogP contribution in [0.3, 0.4) is 0 Å². The molecule has 0 aliphatic carbocycles. The van der Waals surface area contributed by atoms with Gasteiger partial charge in [-0.3, -0.25) is 0 Å². The van der Waals surface area contributed by atoms with Crippen molar-refractivity contribution in [1.29, 1.82) is 0 Å². The zero-order valence-electron chi connectivity index (χ0n) is 11.4. The quantitative estimate of drug-likeness (QED) is 0.851. The van der Waals surface area contributed by atoms with Crippen molar-refractivity contribution in [2.45, 2.75) is 45.8 Å². The van der Waals surface area contributed by atoms with Gasteiger partial charge in [-0.05, 0) is 61.3 Å².